The Morgan fingerprint density at radius 2 is 1.85 bits per heavy atom. The van der Waals surface area contributed by atoms with E-state index in [-0.39, 0.29) is 11.7 Å². The number of hydrogen-bond donors (Lipinski definition) is 1. The molecule has 1 amide bonds. The molecule has 0 bridgehead atoms. The van der Waals surface area contributed by atoms with Crippen molar-refractivity contribution in [2.45, 2.75) is 25.5 Å². The number of methoxy groups -OCH3 is 3. The fraction of sp³-hybridized carbons (Fsp3) is 0.304. The quantitative estimate of drug-likeness (QED) is 0.275. The van der Waals surface area contributed by atoms with Crippen LogP contribution in [0.5, 0.6) is 17.2 Å². The first-order valence-corrected chi connectivity index (χ1v) is 11.2. The van der Waals surface area contributed by atoms with Gasteiger partial charge in [-0.05, 0) is 44.2 Å². The van der Waals surface area contributed by atoms with Crippen molar-refractivity contribution in [3.05, 3.63) is 48.0 Å². The number of hydrogen-bond acceptors (Lipinski definition) is 8. The number of carbonyl (C=O) groups excluding carboxylic acids is 1. The number of nitrogens with one attached hydrogen (secondary N) is 1. The zero-order valence-electron chi connectivity index (χ0n) is 19.3. The SMILES string of the molecule is CCn1c(SCC(=O)NN=C(C)c2cccc(OC)c2)nnc1-c1ccc(OC)c(OC)c1. The number of carbonyl (C=O) groups is 1. The van der Waals surface area contributed by atoms with Gasteiger partial charge in [0.15, 0.2) is 22.5 Å². The van der Waals surface area contributed by atoms with Crippen LogP contribution in [-0.4, -0.2) is 53.5 Å². The third kappa shape index (κ3) is 5.83. The van der Waals surface area contributed by atoms with Crippen LogP contribution in [0.3, 0.4) is 0 Å². The molecular weight excluding hydrogens is 442 g/mol. The largest absolute Gasteiger partial charge is 0.497 e. The van der Waals surface area contributed by atoms with Crippen molar-refractivity contribution in [3.8, 4) is 28.6 Å². The summed E-state index contributed by atoms with van der Waals surface area (Å²) in [5.74, 6) is 2.58. The molecule has 33 heavy (non-hydrogen) atoms. The highest BCUT2D eigenvalue weighted by molar-refractivity contribution is 7.99. The number of hydrazone groups is 1. The van der Waals surface area contributed by atoms with Crippen molar-refractivity contribution >= 4 is 23.4 Å². The van der Waals surface area contributed by atoms with E-state index >= 15 is 0 Å². The predicted octanol–water partition coefficient (Wildman–Crippen LogP) is 3.62. The molecule has 174 valence electrons. The van der Waals surface area contributed by atoms with E-state index in [1.165, 1.54) is 11.8 Å². The van der Waals surface area contributed by atoms with Crippen LogP contribution in [0.15, 0.2) is 52.7 Å². The Morgan fingerprint density at radius 3 is 2.55 bits per heavy atom. The molecular formula is C23H27N5O4S. The van der Waals surface area contributed by atoms with E-state index in [1.54, 1.807) is 21.3 Å². The molecule has 9 nitrogen and oxygen atoms in total. The van der Waals surface area contributed by atoms with Gasteiger partial charge in [0.1, 0.15) is 5.75 Å². The molecule has 0 fully saturated rings. The van der Waals surface area contributed by atoms with E-state index in [1.807, 2.05) is 60.9 Å². The molecule has 0 saturated heterocycles. The molecule has 0 spiro atoms. The first kappa shape index (κ1) is 24.1. The number of thioether (sulfide) groups is 1. The highest BCUT2D eigenvalue weighted by Crippen LogP contribution is 2.32. The number of amides is 1. The van der Waals surface area contributed by atoms with E-state index < -0.39 is 0 Å². The highest BCUT2D eigenvalue weighted by atomic mass is 32.2. The molecule has 2 aromatic carbocycles. The zero-order chi connectivity index (χ0) is 23.8. The molecule has 0 aliphatic heterocycles. The van der Waals surface area contributed by atoms with Gasteiger partial charge in [-0.3, -0.25) is 4.79 Å². The highest BCUT2D eigenvalue weighted by Gasteiger charge is 2.16. The average molecular weight is 470 g/mol. The van der Waals surface area contributed by atoms with Gasteiger partial charge in [0.2, 0.25) is 0 Å². The van der Waals surface area contributed by atoms with Crippen LogP contribution in [0.25, 0.3) is 11.4 Å². The molecule has 1 heterocycles. The van der Waals surface area contributed by atoms with Crippen LogP contribution in [-0.2, 0) is 11.3 Å². The van der Waals surface area contributed by atoms with Crippen molar-refractivity contribution < 1.29 is 19.0 Å². The molecule has 0 radical (unpaired) electrons. The van der Waals surface area contributed by atoms with Crippen LogP contribution in [0.4, 0.5) is 0 Å². The van der Waals surface area contributed by atoms with Crippen molar-refractivity contribution in [1.82, 2.24) is 20.2 Å². The molecule has 3 rings (SSSR count). The zero-order valence-corrected chi connectivity index (χ0v) is 20.1. The van der Waals surface area contributed by atoms with Gasteiger partial charge in [-0.25, -0.2) is 5.43 Å². The van der Waals surface area contributed by atoms with Gasteiger partial charge in [-0.2, -0.15) is 5.10 Å². The third-order valence-electron chi connectivity index (χ3n) is 4.84. The Kier molecular flexibility index (Phi) is 8.31. The molecule has 0 unspecified atom stereocenters. The van der Waals surface area contributed by atoms with Gasteiger partial charge >= 0.3 is 0 Å². The van der Waals surface area contributed by atoms with Crippen molar-refractivity contribution in [2.24, 2.45) is 5.10 Å². The molecule has 0 aliphatic rings. The first-order chi connectivity index (χ1) is 16.0. The molecule has 1 aromatic heterocycles. The predicted molar refractivity (Wildman–Crippen MR) is 128 cm³/mol. The molecule has 0 saturated carbocycles. The van der Waals surface area contributed by atoms with Gasteiger partial charge in [-0.1, -0.05) is 23.9 Å². The Hall–Kier alpha value is -3.53. The fourth-order valence-electron chi connectivity index (χ4n) is 3.09. The van der Waals surface area contributed by atoms with Crippen LogP contribution < -0.4 is 19.6 Å². The monoisotopic (exact) mass is 469 g/mol. The number of benzene rings is 2. The summed E-state index contributed by atoms with van der Waals surface area (Å²) in [6.45, 7) is 4.47. The Bertz CT molecular complexity index is 1150. The third-order valence-corrected chi connectivity index (χ3v) is 5.81. The molecule has 0 atom stereocenters. The smallest absolute Gasteiger partial charge is 0.250 e. The summed E-state index contributed by atoms with van der Waals surface area (Å²) in [6, 6.07) is 13.1. The van der Waals surface area contributed by atoms with Crippen molar-refractivity contribution in [1.29, 1.82) is 0 Å². The second-order valence-corrected chi connectivity index (χ2v) is 7.82. The minimum Gasteiger partial charge on any atom is -0.497 e. The summed E-state index contributed by atoms with van der Waals surface area (Å²) < 4.78 is 17.9. The minimum absolute atomic E-state index is 0.152. The lowest BCUT2D eigenvalue weighted by Gasteiger charge is -2.11. The van der Waals surface area contributed by atoms with E-state index in [0.717, 1.165) is 16.9 Å². The first-order valence-electron chi connectivity index (χ1n) is 10.3. The maximum atomic E-state index is 12.4. The summed E-state index contributed by atoms with van der Waals surface area (Å²) in [5.41, 5.74) is 4.98. The van der Waals surface area contributed by atoms with Gasteiger partial charge < -0.3 is 18.8 Å². The van der Waals surface area contributed by atoms with Gasteiger partial charge in [0, 0.05) is 17.7 Å². The summed E-state index contributed by atoms with van der Waals surface area (Å²) in [6.07, 6.45) is 0. The Labute approximate surface area is 197 Å². The molecule has 10 heteroatoms. The Balaban J connectivity index is 1.67. The Morgan fingerprint density at radius 1 is 1.06 bits per heavy atom. The van der Waals surface area contributed by atoms with Crippen molar-refractivity contribution in [3.63, 3.8) is 0 Å². The summed E-state index contributed by atoms with van der Waals surface area (Å²) in [7, 11) is 4.79. The fourth-order valence-corrected chi connectivity index (χ4v) is 3.89. The van der Waals surface area contributed by atoms with Gasteiger partial charge in [-0.15, -0.1) is 10.2 Å². The second-order valence-electron chi connectivity index (χ2n) is 6.87. The molecule has 0 aliphatic carbocycles. The maximum absolute atomic E-state index is 12.4. The lowest BCUT2D eigenvalue weighted by Crippen LogP contribution is -2.21. The second kappa shape index (κ2) is 11.4. The van der Waals surface area contributed by atoms with Crippen molar-refractivity contribution in [2.75, 3.05) is 27.1 Å². The van der Waals surface area contributed by atoms with Crippen LogP contribution in [0.2, 0.25) is 0 Å². The van der Waals surface area contributed by atoms with Crippen LogP contribution in [0, 0.1) is 0 Å². The van der Waals surface area contributed by atoms with E-state index in [9.17, 15) is 4.79 Å². The number of aromatic nitrogens is 3. The van der Waals surface area contributed by atoms with Gasteiger partial charge in [0.05, 0.1) is 32.8 Å². The van der Waals surface area contributed by atoms with E-state index in [2.05, 4.69) is 20.7 Å². The average Bonchev–Trinajstić information content (AvgIpc) is 3.28. The number of rotatable bonds is 10. The van der Waals surface area contributed by atoms with Crippen LogP contribution in [0.1, 0.15) is 19.4 Å². The number of ether oxygens (including phenoxy) is 3. The summed E-state index contributed by atoms with van der Waals surface area (Å²) in [4.78, 5) is 12.4. The topological polar surface area (TPSA) is 99.9 Å². The minimum atomic E-state index is -0.236. The molecule has 3 aromatic rings. The normalized spacial score (nSPS) is 11.2. The maximum Gasteiger partial charge on any atom is 0.250 e. The van der Waals surface area contributed by atoms with E-state index in [4.69, 9.17) is 14.2 Å². The van der Waals surface area contributed by atoms with E-state index in [0.29, 0.717) is 34.7 Å². The lowest BCUT2D eigenvalue weighted by atomic mass is 10.1. The lowest BCUT2D eigenvalue weighted by molar-refractivity contribution is -0.118. The summed E-state index contributed by atoms with van der Waals surface area (Å²) in [5, 5.41) is 13.4. The summed E-state index contributed by atoms with van der Waals surface area (Å²) >= 11 is 1.30. The number of nitrogens with zero attached hydrogens (tertiary/aromatic N) is 4. The standard InChI is InChI=1S/C23H27N5O4S/c1-6-28-22(17-10-11-19(31-4)20(13-17)32-5)26-27-23(28)33-14-21(29)25-24-15(2)16-8-7-9-18(12-16)30-3/h7-13H,6,14H2,1-5H3,(H,25,29). The molecule has 1 N–H and O–H groups in total. The van der Waals surface area contributed by atoms with Crippen LogP contribution >= 0.6 is 11.8 Å². The van der Waals surface area contributed by atoms with Gasteiger partial charge in [0.25, 0.3) is 5.91 Å².